The molecule has 5 heteroatoms. The van der Waals surface area contributed by atoms with Crippen LogP contribution in [-0.4, -0.2) is 6.61 Å². The minimum Gasteiger partial charge on any atom is -0.457 e. The highest BCUT2D eigenvalue weighted by atomic mass is 79.9. The molecule has 0 bridgehead atoms. The number of ether oxygens (including phenoxy) is 2. The molecule has 0 aliphatic heterocycles. The zero-order valence-electron chi connectivity index (χ0n) is 17.1. The normalized spacial score (nSPS) is 11.5. The van der Waals surface area contributed by atoms with Gasteiger partial charge in [0, 0.05) is 4.47 Å². The van der Waals surface area contributed by atoms with E-state index < -0.39 is 6.61 Å². The average Bonchev–Trinajstić information content (AvgIpc) is 2.70. The summed E-state index contributed by atoms with van der Waals surface area (Å²) in [6.07, 6.45) is 2.91. The summed E-state index contributed by atoms with van der Waals surface area (Å²) in [7, 11) is 0. The minimum atomic E-state index is -2.80. The van der Waals surface area contributed by atoms with Crippen LogP contribution in [0.3, 0.4) is 0 Å². The summed E-state index contributed by atoms with van der Waals surface area (Å²) in [5, 5.41) is 0. The maximum atomic E-state index is 12.3. The maximum absolute atomic E-state index is 12.3. The predicted octanol–water partition coefficient (Wildman–Crippen LogP) is 8.14. The first-order chi connectivity index (χ1) is 14.3. The van der Waals surface area contributed by atoms with Gasteiger partial charge in [-0.3, -0.25) is 0 Å². The van der Waals surface area contributed by atoms with Gasteiger partial charge in [0.2, 0.25) is 0 Å². The molecule has 30 heavy (non-hydrogen) atoms. The summed E-state index contributed by atoms with van der Waals surface area (Å²) in [6, 6.07) is 22.8. The van der Waals surface area contributed by atoms with E-state index in [0.29, 0.717) is 0 Å². The molecular formula is C25H25BrF2O2. The van der Waals surface area contributed by atoms with E-state index in [4.69, 9.17) is 4.74 Å². The molecule has 3 rings (SSSR count). The van der Waals surface area contributed by atoms with E-state index in [-0.39, 0.29) is 11.2 Å². The van der Waals surface area contributed by atoms with E-state index in [1.165, 1.54) is 5.56 Å². The lowest BCUT2D eigenvalue weighted by molar-refractivity contribution is -0.0498. The number of halogens is 3. The third-order valence-electron chi connectivity index (χ3n) is 5.08. The molecule has 0 atom stereocenters. The first-order valence-corrected chi connectivity index (χ1v) is 10.7. The van der Waals surface area contributed by atoms with Crippen molar-refractivity contribution in [1.29, 1.82) is 0 Å². The summed E-state index contributed by atoms with van der Waals surface area (Å²) < 4.78 is 36.0. The van der Waals surface area contributed by atoms with Crippen LogP contribution in [0.15, 0.2) is 77.3 Å². The number of hydrogen-bond acceptors (Lipinski definition) is 2. The van der Waals surface area contributed by atoms with Crippen LogP contribution in [0.2, 0.25) is 0 Å². The van der Waals surface area contributed by atoms with Crippen molar-refractivity contribution in [2.75, 3.05) is 0 Å². The largest absolute Gasteiger partial charge is 0.457 e. The number of hydrogen-bond donors (Lipinski definition) is 0. The molecule has 0 spiro atoms. The van der Waals surface area contributed by atoms with Gasteiger partial charge in [-0.2, -0.15) is 8.78 Å². The highest BCUT2D eigenvalue weighted by molar-refractivity contribution is 9.10. The SMILES string of the molecule is CC(C)(CCCc1cccc(Oc2ccc(Br)cc2)c1)c1ccc(OC(F)F)cc1. The fourth-order valence-electron chi connectivity index (χ4n) is 3.37. The van der Waals surface area contributed by atoms with Crippen LogP contribution in [0.1, 0.15) is 37.8 Å². The van der Waals surface area contributed by atoms with Gasteiger partial charge in [-0.1, -0.05) is 54.0 Å². The Labute approximate surface area is 185 Å². The van der Waals surface area contributed by atoms with Gasteiger partial charge < -0.3 is 9.47 Å². The molecule has 0 saturated carbocycles. The summed E-state index contributed by atoms with van der Waals surface area (Å²) in [5.74, 6) is 1.81. The molecule has 0 radical (unpaired) electrons. The third kappa shape index (κ3) is 6.56. The number of rotatable bonds is 9. The lowest BCUT2D eigenvalue weighted by atomic mass is 9.80. The molecule has 0 unspecified atom stereocenters. The first-order valence-electron chi connectivity index (χ1n) is 9.89. The van der Waals surface area contributed by atoms with Gasteiger partial charge in [-0.05, 0) is 84.3 Å². The van der Waals surface area contributed by atoms with Gasteiger partial charge in [0.1, 0.15) is 17.2 Å². The van der Waals surface area contributed by atoms with Gasteiger partial charge in [0.05, 0.1) is 0 Å². The molecule has 0 saturated heterocycles. The van der Waals surface area contributed by atoms with Gasteiger partial charge in [-0.25, -0.2) is 0 Å². The maximum Gasteiger partial charge on any atom is 0.387 e. The van der Waals surface area contributed by atoms with Gasteiger partial charge in [0.15, 0.2) is 0 Å². The van der Waals surface area contributed by atoms with E-state index in [1.54, 1.807) is 12.1 Å². The fourth-order valence-corrected chi connectivity index (χ4v) is 3.63. The Kier molecular flexibility index (Phi) is 7.48. The molecule has 3 aromatic rings. The zero-order chi connectivity index (χ0) is 21.6. The Morgan fingerprint density at radius 1 is 0.867 bits per heavy atom. The molecule has 0 N–H and O–H groups in total. The summed E-state index contributed by atoms with van der Waals surface area (Å²) >= 11 is 3.42. The van der Waals surface area contributed by atoms with Crippen molar-refractivity contribution in [1.82, 2.24) is 0 Å². The molecule has 0 aliphatic rings. The van der Waals surface area contributed by atoms with Crippen LogP contribution in [0.25, 0.3) is 0 Å². The van der Waals surface area contributed by atoms with Crippen molar-refractivity contribution in [3.63, 3.8) is 0 Å². The van der Waals surface area contributed by atoms with E-state index in [2.05, 4.69) is 46.6 Å². The molecular weight excluding hydrogens is 450 g/mol. The second kappa shape index (κ2) is 10.1. The Bertz CT molecular complexity index is 938. The fraction of sp³-hybridized carbons (Fsp3) is 0.280. The molecule has 158 valence electrons. The first kappa shape index (κ1) is 22.3. The third-order valence-corrected chi connectivity index (χ3v) is 5.60. The Balaban J connectivity index is 1.55. The predicted molar refractivity (Wildman–Crippen MR) is 120 cm³/mol. The lowest BCUT2D eigenvalue weighted by Gasteiger charge is -2.25. The molecule has 0 fully saturated rings. The van der Waals surface area contributed by atoms with Crippen LogP contribution in [0, 0.1) is 0 Å². The van der Waals surface area contributed by atoms with Crippen molar-refractivity contribution < 1.29 is 18.3 Å². The van der Waals surface area contributed by atoms with Crippen molar-refractivity contribution >= 4 is 15.9 Å². The van der Waals surface area contributed by atoms with E-state index in [0.717, 1.165) is 40.8 Å². The van der Waals surface area contributed by atoms with Crippen LogP contribution in [0.5, 0.6) is 17.2 Å². The highest BCUT2D eigenvalue weighted by Gasteiger charge is 2.20. The van der Waals surface area contributed by atoms with Crippen molar-refractivity contribution in [2.24, 2.45) is 0 Å². The van der Waals surface area contributed by atoms with E-state index >= 15 is 0 Å². The molecule has 3 aromatic carbocycles. The second-order valence-electron chi connectivity index (χ2n) is 7.84. The van der Waals surface area contributed by atoms with Gasteiger partial charge in [-0.15, -0.1) is 0 Å². The smallest absolute Gasteiger partial charge is 0.387 e. The quantitative estimate of drug-likeness (QED) is 0.311. The lowest BCUT2D eigenvalue weighted by Crippen LogP contribution is -2.17. The van der Waals surface area contributed by atoms with Gasteiger partial charge >= 0.3 is 6.61 Å². The second-order valence-corrected chi connectivity index (χ2v) is 8.76. The highest BCUT2D eigenvalue weighted by Crippen LogP contribution is 2.31. The van der Waals surface area contributed by atoms with Crippen molar-refractivity contribution in [2.45, 2.75) is 45.1 Å². The molecule has 2 nitrogen and oxygen atoms in total. The standard InChI is InChI=1S/C25H25BrF2O2/c1-25(2,19-8-12-22(13-9-19)30-24(27)28)16-4-6-18-5-3-7-23(17-18)29-21-14-10-20(26)11-15-21/h3,5,7-15,17,24H,4,6,16H2,1-2H3. The Hall–Kier alpha value is -2.40. The minimum absolute atomic E-state index is 0.0606. The zero-order valence-corrected chi connectivity index (χ0v) is 18.7. The number of alkyl halides is 2. The monoisotopic (exact) mass is 474 g/mol. The summed E-state index contributed by atoms with van der Waals surface area (Å²) in [5.41, 5.74) is 2.27. The van der Waals surface area contributed by atoms with Crippen LogP contribution in [0.4, 0.5) is 8.78 Å². The average molecular weight is 475 g/mol. The number of aryl methyl sites for hydroxylation is 1. The number of benzene rings is 3. The molecule has 0 aromatic heterocycles. The molecule has 0 aliphatic carbocycles. The van der Waals surface area contributed by atoms with Crippen molar-refractivity contribution in [3.8, 4) is 17.2 Å². The van der Waals surface area contributed by atoms with Crippen molar-refractivity contribution in [3.05, 3.63) is 88.4 Å². The molecule has 0 heterocycles. The van der Waals surface area contributed by atoms with E-state index in [1.807, 2.05) is 48.5 Å². The Morgan fingerprint density at radius 3 is 2.20 bits per heavy atom. The van der Waals surface area contributed by atoms with Gasteiger partial charge in [0.25, 0.3) is 0 Å². The molecule has 0 amide bonds. The van der Waals surface area contributed by atoms with Crippen LogP contribution in [-0.2, 0) is 11.8 Å². The summed E-state index contributed by atoms with van der Waals surface area (Å²) in [6.45, 7) is 1.54. The van der Waals surface area contributed by atoms with Crippen LogP contribution < -0.4 is 9.47 Å². The van der Waals surface area contributed by atoms with E-state index in [9.17, 15) is 8.78 Å². The summed E-state index contributed by atoms with van der Waals surface area (Å²) in [4.78, 5) is 0. The Morgan fingerprint density at radius 2 is 1.53 bits per heavy atom. The topological polar surface area (TPSA) is 18.5 Å². The van der Waals surface area contributed by atoms with Crippen LogP contribution >= 0.6 is 15.9 Å².